The number of para-hydroxylation sites is 1. The minimum Gasteiger partial charge on any atom is -0.456 e. The number of carbonyl (C=O) groups is 1. The van der Waals surface area contributed by atoms with Crippen molar-refractivity contribution in [1.29, 1.82) is 0 Å². The lowest BCUT2D eigenvalue weighted by Gasteiger charge is -2.32. The van der Waals surface area contributed by atoms with Crippen molar-refractivity contribution in [2.75, 3.05) is 38.5 Å². The third kappa shape index (κ3) is 5.34. The average molecular weight is 483 g/mol. The van der Waals surface area contributed by atoms with Crippen molar-refractivity contribution in [3.63, 3.8) is 0 Å². The highest BCUT2D eigenvalue weighted by Gasteiger charge is 2.20. The third-order valence-corrected chi connectivity index (χ3v) is 6.36. The maximum atomic E-state index is 12.8. The monoisotopic (exact) mass is 482 g/mol. The number of carbonyl (C=O) groups excluding carboxylic acids is 1. The lowest BCUT2D eigenvalue weighted by Crippen LogP contribution is -2.47. The van der Waals surface area contributed by atoms with Crippen LogP contribution in [0.2, 0.25) is 0 Å². The smallest absolute Gasteiger partial charge is 0.253 e. The Kier molecular flexibility index (Phi) is 6.60. The van der Waals surface area contributed by atoms with Crippen molar-refractivity contribution in [2.45, 2.75) is 6.04 Å². The average Bonchev–Trinajstić information content (AvgIpc) is 3.22. The summed E-state index contributed by atoms with van der Waals surface area (Å²) in [5.41, 5.74) is 16.0. The van der Waals surface area contributed by atoms with E-state index in [0.29, 0.717) is 11.3 Å². The summed E-state index contributed by atoms with van der Waals surface area (Å²) in [6.07, 6.45) is 7.53. The first-order valence-electron chi connectivity index (χ1n) is 12.0. The number of aliphatic imine (C=N–C) groups is 1. The number of piperazine rings is 1. The first-order chi connectivity index (χ1) is 17.4. The quantitative estimate of drug-likeness (QED) is 0.388. The van der Waals surface area contributed by atoms with Gasteiger partial charge in [0.15, 0.2) is 5.96 Å². The molecule has 1 amide bonds. The normalized spacial score (nSPS) is 19.1. The van der Waals surface area contributed by atoms with Gasteiger partial charge in [0.1, 0.15) is 11.3 Å². The molecule has 1 unspecified atom stereocenters. The molecule has 1 aliphatic heterocycles. The van der Waals surface area contributed by atoms with Gasteiger partial charge in [0.05, 0.1) is 6.04 Å². The van der Waals surface area contributed by atoms with E-state index in [2.05, 4.69) is 22.3 Å². The number of benzene rings is 2. The fourth-order valence-corrected chi connectivity index (χ4v) is 4.32. The number of hydrogen-bond acceptors (Lipinski definition) is 5. The zero-order valence-corrected chi connectivity index (χ0v) is 20.2. The Morgan fingerprint density at radius 3 is 2.53 bits per heavy atom. The predicted molar refractivity (Wildman–Crippen MR) is 144 cm³/mol. The van der Waals surface area contributed by atoms with Gasteiger partial charge in [-0.2, -0.15) is 0 Å². The molecule has 2 heterocycles. The summed E-state index contributed by atoms with van der Waals surface area (Å²) in [5, 5.41) is 4.14. The van der Waals surface area contributed by atoms with Gasteiger partial charge in [-0.15, -0.1) is 0 Å². The van der Waals surface area contributed by atoms with Gasteiger partial charge in [-0.3, -0.25) is 4.79 Å². The maximum absolute atomic E-state index is 12.8. The molecule has 0 saturated carbocycles. The van der Waals surface area contributed by atoms with E-state index in [1.54, 1.807) is 0 Å². The summed E-state index contributed by atoms with van der Waals surface area (Å²) in [7, 11) is 2.07. The Hall–Kier alpha value is -4.30. The summed E-state index contributed by atoms with van der Waals surface area (Å²) >= 11 is 0. The second-order valence-electron chi connectivity index (χ2n) is 9.07. The fraction of sp³-hybridized carbons (Fsp3) is 0.214. The van der Waals surface area contributed by atoms with Crippen LogP contribution in [0.25, 0.3) is 16.5 Å². The van der Waals surface area contributed by atoms with Crippen LogP contribution in [0.15, 0.2) is 94.0 Å². The number of anilines is 1. The van der Waals surface area contributed by atoms with Gasteiger partial charge in [-0.1, -0.05) is 18.2 Å². The topological polar surface area (TPSA) is 113 Å². The minimum absolute atomic E-state index is 0.0473. The molecule has 1 aromatic heterocycles. The lowest BCUT2D eigenvalue weighted by atomic mass is 10.1. The molecule has 0 radical (unpaired) electrons. The van der Waals surface area contributed by atoms with Gasteiger partial charge < -0.3 is 31.0 Å². The molecule has 5 N–H and O–H groups in total. The van der Waals surface area contributed by atoms with E-state index in [9.17, 15) is 4.79 Å². The molecular weight excluding hydrogens is 452 g/mol. The van der Waals surface area contributed by atoms with Crippen molar-refractivity contribution in [3.8, 4) is 0 Å². The Labute approximate surface area is 210 Å². The number of hydrogen-bond donors (Lipinski definition) is 3. The van der Waals surface area contributed by atoms with E-state index in [-0.39, 0.29) is 17.9 Å². The van der Waals surface area contributed by atoms with Crippen LogP contribution >= 0.6 is 0 Å². The number of allylic oxidation sites excluding steroid dienone is 3. The number of guanidine groups is 1. The first kappa shape index (κ1) is 23.4. The van der Waals surface area contributed by atoms with Gasteiger partial charge >= 0.3 is 0 Å². The highest BCUT2D eigenvalue weighted by Crippen LogP contribution is 2.27. The number of rotatable bonds is 4. The molecule has 0 spiro atoms. The van der Waals surface area contributed by atoms with Gasteiger partial charge in [0.2, 0.25) is 0 Å². The predicted octanol–water partition coefficient (Wildman–Crippen LogP) is 3.41. The van der Waals surface area contributed by atoms with Gasteiger partial charge in [-0.05, 0) is 67.7 Å². The van der Waals surface area contributed by atoms with Gasteiger partial charge in [-0.25, -0.2) is 4.99 Å². The molecule has 2 aliphatic rings. The number of fused-ring (bicyclic) bond motifs is 1. The Morgan fingerprint density at radius 1 is 1.03 bits per heavy atom. The first-order valence-corrected chi connectivity index (χ1v) is 12.0. The highest BCUT2D eigenvalue weighted by molar-refractivity contribution is 5.96. The highest BCUT2D eigenvalue weighted by atomic mass is 16.3. The second-order valence-corrected chi connectivity index (χ2v) is 9.07. The zero-order valence-electron chi connectivity index (χ0n) is 20.2. The van der Waals surface area contributed by atoms with E-state index in [1.807, 2.05) is 83.8 Å². The van der Waals surface area contributed by atoms with E-state index >= 15 is 0 Å². The summed E-state index contributed by atoms with van der Waals surface area (Å²) in [4.78, 5) is 21.5. The largest absolute Gasteiger partial charge is 0.456 e. The molecule has 184 valence electrons. The fourth-order valence-electron chi connectivity index (χ4n) is 4.32. The molecule has 8 nitrogen and oxygen atoms in total. The number of furan rings is 1. The van der Waals surface area contributed by atoms with Crippen LogP contribution in [0.5, 0.6) is 0 Å². The van der Waals surface area contributed by atoms with Crippen LogP contribution in [0, 0.1) is 0 Å². The summed E-state index contributed by atoms with van der Waals surface area (Å²) in [5.74, 6) is 1.03. The Balaban J connectivity index is 1.29. The molecular formula is C28H30N6O2. The van der Waals surface area contributed by atoms with Gasteiger partial charge in [0.25, 0.3) is 5.91 Å². The summed E-state index contributed by atoms with van der Waals surface area (Å²) in [6.45, 7) is 3.26. The molecule has 1 fully saturated rings. The molecule has 2 aromatic carbocycles. The molecule has 5 rings (SSSR count). The van der Waals surface area contributed by atoms with E-state index in [4.69, 9.17) is 15.9 Å². The van der Waals surface area contributed by atoms with Crippen LogP contribution in [-0.4, -0.2) is 60.9 Å². The van der Waals surface area contributed by atoms with Crippen molar-refractivity contribution in [3.05, 3.63) is 95.9 Å². The van der Waals surface area contributed by atoms with Crippen LogP contribution in [0.1, 0.15) is 16.1 Å². The molecule has 3 aromatic rings. The van der Waals surface area contributed by atoms with Crippen molar-refractivity contribution in [2.24, 2.45) is 16.5 Å². The number of nitrogens with two attached hydrogens (primary N) is 2. The Morgan fingerprint density at radius 2 is 1.78 bits per heavy atom. The molecule has 1 atom stereocenters. The van der Waals surface area contributed by atoms with E-state index in [0.717, 1.165) is 54.2 Å². The van der Waals surface area contributed by atoms with E-state index in [1.165, 1.54) is 0 Å². The molecule has 8 heteroatoms. The zero-order chi connectivity index (χ0) is 25.1. The van der Waals surface area contributed by atoms with Crippen LogP contribution in [0.4, 0.5) is 5.69 Å². The molecule has 36 heavy (non-hydrogen) atoms. The van der Waals surface area contributed by atoms with Crippen molar-refractivity contribution >= 4 is 34.1 Å². The SMILES string of the molecule is CN1CCN(C(=O)c2ccc(NC(N)=NC3C=C(N)C=CC(c4cc5ccccc5o4)=C3)cc2)CC1. The van der Waals surface area contributed by atoms with Crippen LogP contribution in [-0.2, 0) is 0 Å². The molecule has 1 aliphatic carbocycles. The molecule has 0 bridgehead atoms. The number of amides is 1. The van der Waals surface area contributed by atoms with E-state index < -0.39 is 0 Å². The standard InChI is InChI=1S/C28H30N6O2/c1-33-12-14-34(15-13-33)27(35)19-7-10-23(11-8-19)31-28(30)32-24-16-21(6-9-22(29)18-24)26-17-20-4-2-3-5-25(20)36-26/h2-11,16-18,24H,12-15,29H2,1H3,(H3,30,31,32). The second kappa shape index (κ2) is 10.1. The number of nitrogens with zero attached hydrogens (tertiary/aromatic N) is 3. The summed E-state index contributed by atoms with van der Waals surface area (Å²) in [6, 6.07) is 16.8. The lowest BCUT2D eigenvalue weighted by molar-refractivity contribution is 0.0664. The maximum Gasteiger partial charge on any atom is 0.253 e. The number of likely N-dealkylation sites (N-methyl/N-ethyl adjacent to an activating group) is 1. The van der Waals surface area contributed by atoms with Crippen molar-refractivity contribution in [1.82, 2.24) is 9.80 Å². The van der Waals surface area contributed by atoms with Crippen LogP contribution in [0.3, 0.4) is 0 Å². The van der Waals surface area contributed by atoms with Crippen molar-refractivity contribution < 1.29 is 9.21 Å². The molecule has 1 saturated heterocycles. The Bertz CT molecular complexity index is 1340. The number of nitrogens with one attached hydrogen (secondary N) is 1. The summed E-state index contributed by atoms with van der Waals surface area (Å²) < 4.78 is 6.01. The third-order valence-electron chi connectivity index (χ3n) is 6.36. The minimum atomic E-state index is -0.381. The van der Waals surface area contributed by atoms with Crippen LogP contribution < -0.4 is 16.8 Å². The van der Waals surface area contributed by atoms with Gasteiger partial charge in [0, 0.05) is 54.1 Å².